The Morgan fingerprint density at radius 2 is 1.35 bits per heavy atom. The smallest absolute Gasteiger partial charge is 0.309 e. The number of rotatable bonds is 8. The summed E-state index contributed by atoms with van der Waals surface area (Å²) in [5, 5.41) is 0. The molecule has 0 saturated heterocycles. The van der Waals surface area contributed by atoms with Crippen molar-refractivity contribution in [1.29, 1.82) is 0 Å². The van der Waals surface area contributed by atoms with Crippen molar-refractivity contribution in [3.05, 3.63) is 0 Å². The molecule has 0 heterocycles. The summed E-state index contributed by atoms with van der Waals surface area (Å²) < 4.78 is 5.68. The zero-order valence-electron chi connectivity index (χ0n) is 12.5. The molecule has 0 aromatic rings. The first kappa shape index (κ1) is 16.5. The van der Waals surface area contributed by atoms with Gasteiger partial charge >= 0.3 is 5.97 Å². The molecule has 0 spiro atoms. The third-order valence-electron chi connectivity index (χ3n) is 3.07. The molecule has 0 aromatic heterocycles. The van der Waals surface area contributed by atoms with Crippen LogP contribution in [0, 0.1) is 17.8 Å². The Morgan fingerprint density at radius 3 is 1.65 bits per heavy atom. The minimum atomic E-state index is 0.00120. The average Bonchev–Trinajstić information content (AvgIpc) is 2.16. The van der Waals surface area contributed by atoms with Crippen LogP contribution in [0.25, 0.3) is 0 Å². The third-order valence-corrected chi connectivity index (χ3v) is 3.07. The lowest BCUT2D eigenvalue weighted by Crippen LogP contribution is -2.26. The van der Waals surface area contributed by atoms with Crippen LogP contribution in [0.1, 0.15) is 67.2 Å². The minimum absolute atomic E-state index is 0.00120. The molecular formula is C15H30O2. The van der Waals surface area contributed by atoms with Crippen molar-refractivity contribution in [2.45, 2.75) is 73.3 Å². The van der Waals surface area contributed by atoms with E-state index in [4.69, 9.17) is 4.74 Å². The Hall–Kier alpha value is -0.530. The van der Waals surface area contributed by atoms with Crippen LogP contribution in [-0.4, -0.2) is 12.1 Å². The highest BCUT2D eigenvalue weighted by molar-refractivity contribution is 5.72. The normalized spacial score (nSPS) is 11.9. The average molecular weight is 242 g/mol. The second-order valence-corrected chi connectivity index (χ2v) is 5.83. The maximum absolute atomic E-state index is 12.0. The highest BCUT2D eigenvalue weighted by Gasteiger charge is 2.22. The van der Waals surface area contributed by atoms with Gasteiger partial charge in [-0.25, -0.2) is 0 Å². The molecule has 0 aromatic carbocycles. The molecule has 0 aliphatic carbocycles. The number of esters is 1. The van der Waals surface area contributed by atoms with E-state index in [1.54, 1.807) is 0 Å². The van der Waals surface area contributed by atoms with E-state index in [0.717, 1.165) is 25.7 Å². The van der Waals surface area contributed by atoms with Crippen molar-refractivity contribution in [2.75, 3.05) is 0 Å². The van der Waals surface area contributed by atoms with Gasteiger partial charge in [0.25, 0.3) is 0 Å². The van der Waals surface area contributed by atoms with Gasteiger partial charge in [-0.05, 0) is 37.5 Å². The van der Waals surface area contributed by atoms with E-state index in [0.29, 0.717) is 11.8 Å². The van der Waals surface area contributed by atoms with Gasteiger partial charge in [-0.1, -0.05) is 41.5 Å². The molecule has 102 valence electrons. The molecule has 0 N–H and O–H groups in total. The monoisotopic (exact) mass is 242 g/mol. The van der Waals surface area contributed by atoms with Crippen molar-refractivity contribution in [2.24, 2.45) is 17.8 Å². The van der Waals surface area contributed by atoms with Gasteiger partial charge in [-0.3, -0.25) is 4.79 Å². The fraction of sp³-hybridized carbons (Fsp3) is 0.933. The summed E-state index contributed by atoms with van der Waals surface area (Å²) in [7, 11) is 0. The van der Waals surface area contributed by atoms with Gasteiger partial charge in [0.05, 0.1) is 5.92 Å². The zero-order valence-corrected chi connectivity index (χ0v) is 12.5. The summed E-state index contributed by atoms with van der Waals surface area (Å²) >= 11 is 0. The van der Waals surface area contributed by atoms with Crippen LogP contribution in [-0.2, 0) is 9.53 Å². The Balaban J connectivity index is 4.35. The molecule has 0 aliphatic heterocycles. The summed E-state index contributed by atoms with van der Waals surface area (Å²) in [5.41, 5.74) is 0. The molecule has 0 bridgehead atoms. The highest BCUT2D eigenvalue weighted by atomic mass is 16.5. The Kier molecular flexibility index (Phi) is 8.28. The van der Waals surface area contributed by atoms with E-state index in [9.17, 15) is 4.79 Å². The number of ether oxygens (including phenoxy) is 1. The van der Waals surface area contributed by atoms with Crippen LogP contribution in [0.2, 0.25) is 0 Å². The lowest BCUT2D eigenvalue weighted by Gasteiger charge is -2.23. The Labute approximate surface area is 107 Å². The standard InChI is InChI=1S/C15H30O2/c1-7-13(8-2)15(16)17-14(9-11(3)4)10-12(5)6/h11-14H,7-10H2,1-6H3. The molecule has 17 heavy (non-hydrogen) atoms. The first-order chi connectivity index (χ1) is 7.90. The molecule has 0 amide bonds. The molecule has 2 nitrogen and oxygen atoms in total. The summed E-state index contributed by atoms with van der Waals surface area (Å²) in [4.78, 5) is 12.0. The molecule has 0 atom stereocenters. The topological polar surface area (TPSA) is 26.3 Å². The van der Waals surface area contributed by atoms with Crippen LogP contribution < -0.4 is 0 Å². The highest BCUT2D eigenvalue weighted by Crippen LogP contribution is 2.19. The van der Waals surface area contributed by atoms with Crippen molar-refractivity contribution in [3.8, 4) is 0 Å². The molecular weight excluding hydrogens is 212 g/mol. The Morgan fingerprint density at radius 1 is 0.941 bits per heavy atom. The van der Waals surface area contributed by atoms with Gasteiger partial charge < -0.3 is 4.74 Å². The largest absolute Gasteiger partial charge is 0.462 e. The molecule has 0 unspecified atom stereocenters. The van der Waals surface area contributed by atoms with Gasteiger partial charge in [0.2, 0.25) is 0 Å². The molecule has 0 rings (SSSR count). The van der Waals surface area contributed by atoms with Gasteiger partial charge in [0, 0.05) is 0 Å². The number of hydrogen-bond donors (Lipinski definition) is 0. The molecule has 0 fully saturated rings. The van der Waals surface area contributed by atoms with E-state index in [2.05, 4.69) is 41.5 Å². The molecule has 0 aliphatic rings. The molecule has 2 heteroatoms. The van der Waals surface area contributed by atoms with Crippen molar-refractivity contribution < 1.29 is 9.53 Å². The van der Waals surface area contributed by atoms with E-state index in [-0.39, 0.29) is 18.0 Å². The fourth-order valence-electron chi connectivity index (χ4n) is 2.13. The number of carbonyl (C=O) groups excluding carboxylic acids is 1. The Bertz CT molecular complexity index is 195. The summed E-state index contributed by atoms with van der Waals surface area (Å²) in [6.07, 6.45) is 3.81. The van der Waals surface area contributed by atoms with E-state index in [1.807, 2.05) is 0 Å². The van der Waals surface area contributed by atoms with Gasteiger partial charge in [0.1, 0.15) is 6.10 Å². The van der Waals surface area contributed by atoms with Crippen LogP contribution in [0.3, 0.4) is 0 Å². The summed E-state index contributed by atoms with van der Waals surface area (Å²) in [6.45, 7) is 12.8. The van der Waals surface area contributed by atoms with Gasteiger partial charge in [0.15, 0.2) is 0 Å². The SMILES string of the molecule is CCC(CC)C(=O)OC(CC(C)C)CC(C)C. The zero-order chi connectivity index (χ0) is 13.4. The van der Waals surface area contributed by atoms with Crippen molar-refractivity contribution in [1.82, 2.24) is 0 Å². The summed E-state index contributed by atoms with van der Waals surface area (Å²) in [5.74, 6) is 1.24. The van der Waals surface area contributed by atoms with Crippen molar-refractivity contribution >= 4 is 5.97 Å². The van der Waals surface area contributed by atoms with Crippen LogP contribution >= 0.6 is 0 Å². The lowest BCUT2D eigenvalue weighted by molar-refractivity contribution is -0.155. The van der Waals surface area contributed by atoms with E-state index in [1.165, 1.54) is 0 Å². The van der Waals surface area contributed by atoms with Crippen LogP contribution in [0.15, 0.2) is 0 Å². The first-order valence-corrected chi connectivity index (χ1v) is 7.11. The van der Waals surface area contributed by atoms with Crippen LogP contribution in [0.5, 0.6) is 0 Å². The maximum Gasteiger partial charge on any atom is 0.309 e. The second-order valence-electron chi connectivity index (χ2n) is 5.83. The van der Waals surface area contributed by atoms with Crippen molar-refractivity contribution in [3.63, 3.8) is 0 Å². The number of carbonyl (C=O) groups is 1. The second kappa shape index (κ2) is 8.54. The van der Waals surface area contributed by atoms with E-state index < -0.39 is 0 Å². The number of hydrogen-bond acceptors (Lipinski definition) is 2. The first-order valence-electron chi connectivity index (χ1n) is 7.11. The predicted molar refractivity (Wildman–Crippen MR) is 72.9 cm³/mol. The maximum atomic E-state index is 12.0. The molecule has 0 radical (unpaired) electrons. The van der Waals surface area contributed by atoms with Gasteiger partial charge in [-0.15, -0.1) is 0 Å². The lowest BCUT2D eigenvalue weighted by atomic mass is 9.97. The van der Waals surface area contributed by atoms with Crippen LogP contribution in [0.4, 0.5) is 0 Å². The predicted octanol–water partition coefficient (Wildman–Crippen LogP) is 4.43. The molecule has 0 saturated carbocycles. The van der Waals surface area contributed by atoms with Gasteiger partial charge in [-0.2, -0.15) is 0 Å². The third kappa shape index (κ3) is 7.40. The summed E-state index contributed by atoms with van der Waals surface area (Å²) in [6, 6.07) is 0. The minimum Gasteiger partial charge on any atom is -0.462 e. The van der Waals surface area contributed by atoms with E-state index >= 15 is 0 Å². The fourth-order valence-corrected chi connectivity index (χ4v) is 2.13. The quantitative estimate of drug-likeness (QED) is 0.589.